The zero-order chi connectivity index (χ0) is 12.3. The molecule has 82 valence electrons. The van der Waals surface area contributed by atoms with Crippen LogP contribution in [0.2, 0.25) is 0 Å². The summed E-state index contributed by atoms with van der Waals surface area (Å²) in [4.78, 5) is 12.2. The molecule has 2 nitrogen and oxygen atoms in total. The van der Waals surface area contributed by atoms with Crippen molar-refractivity contribution in [1.29, 1.82) is 5.26 Å². The van der Waals surface area contributed by atoms with Crippen LogP contribution in [-0.4, -0.2) is 5.78 Å². The van der Waals surface area contributed by atoms with E-state index in [-0.39, 0.29) is 5.78 Å². The van der Waals surface area contributed by atoms with Crippen LogP contribution < -0.4 is 0 Å². The minimum Gasteiger partial charge on any atom is -0.289 e. The average molecular weight is 333 g/mol. The topological polar surface area (TPSA) is 40.9 Å². The van der Waals surface area contributed by atoms with Crippen LogP contribution in [0.4, 0.5) is 0 Å². The first-order valence-corrected chi connectivity index (χ1v) is 6.09. The fourth-order valence-electron chi connectivity index (χ4n) is 1.55. The molecule has 2 rings (SSSR count). The summed E-state index contributed by atoms with van der Waals surface area (Å²) >= 11 is 2.13. The lowest BCUT2D eigenvalue weighted by Gasteiger charge is -2.03. The number of hydrogen-bond donors (Lipinski definition) is 0. The van der Waals surface area contributed by atoms with Gasteiger partial charge in [0.2, 0.25) is 0 Å². The van der Waals surface area contributed by atoms with Gasteiger partial charge in [0.1, 0.15) is 0 Å². The molecule has 0 aliphatic rings. The van der Waals surface area contributed by atoms with E-state index in [1.807, 2.05) is 30.3 Å². The van der Waals surface area contributed by atoms with Gasteiger partial charge >= 0.3 is 0 Å². The summed E-state index contributed by atoms with van der Waals surface area (Å²) in [6.07, 6.45) is 0. The molecule has 0 saturated carbocycles. The Labute approximate surface area is 113 Å². The molecule has 0 spiro atoms. The normalized spacial score (nSPS) is 9.65. The smallest absolute Gasteiger partial charge is 0.194 e. The van der Waals surface area contributed by atoms with E-state index in [4.69, 9.17) is 5.26 Å². The highest BCUT2D eigenvalue weighted by molar-refractivity contribution is 14.1. The largest absolute Gasteiger partial charge is 0.289 e. The van der Waals surface area contributed by atoms with E-state index in [0.717, 1.165) is 3.57 Å². The maximum atomic E-state index is 12.2. The zero-order valence-electron chi connectivity index (χ0n) is 8.85. The van der Waals surface area contributed by atoms with E-state index in [1.165, 1.54) is 0 Å². The molecule has 0 amide bonds. The van der Waals surface area contributed by atoms with E-state index in [2.05, 4.69) is 22.6 Å². The summed E-state index contributed by atoms with van der Waals surface area (Å²) in [7, 11) is 0. The first kappa shape index (κ1) is 11.8. The summed E-state index contributed by atoms with van der Waals surface area (Å²) in [6.45, 7) is 0. The fourth-order valence-corrected chi connectivity index (χ4v) is 2.04. The van der Waals surface area contributed by atoms with Crippen molar-refractivity contribution in [1.82, 2.24) is 0 Å². The molecule has 0 unspecified atom stereocenters. The second-order valence-electron chi connectivity index (χ2n) is 3.50. The van der Waals surface area contributed by atoms with Gasteiger partial charge in [-0.2, -0.15) is 5.26 Å². The summed E-state index contributed by atoms with van der Waals surface area (Å²) in [5.41, 5.74) is 1.48. The van der Waals surface area contributed by atoms with Crippen molar-refractivity contribution >= 4 is 28.4 Å². The molecule has 2 aromatic carbocycles. The van der Waals surface area contributed by atoms with Gasteiger partial charge in [-0.1, -0.05) is 30.3 Å². The fraction of sp³-hybridized carbons (Fsp3) is 0. The van der Waals surface area contributed by atoms with Gasteiger partial charge in [-0.3, -0.25) is 4.79 Å². The number of benzene rings is 2. The van der Waals surface area contributed by atoms with E-state index in [1.54, 1.807) is 24.3 Å². The molecule has 0 heterocycles. The maximum absolute atomic E-state index is 12.2. The quantitative estimate of drug-likeness (QED) is 0.624. The average Bonchev–Trinajstić information content (AvgIpc) is 2.39. The van der Waals surface area contributed by atoms with E-state index in [0.29, 0.717) is 16.7 Å². The standard InChI is InChI=1S/C14H8INO/c15-12-7-6-11(9-16)13(8-12)14(17)10-4-2-1-3-5-10/h1-8H. The van der Waals surface area contributed by atoms with Crippen LogP contribution in [0.3, 0.4) is 0 Å². The second kappa shape index (κ2) is 5.11. The van der Waals surface area contributed by atoms with Gasteiger partial charge < -0.3 is 0 Å². The number of hydrogen-bond acceptors (Lipinski definition) is 2. The molecule has 0 N–H and O–H groups in total. The third-order valence-corrected chi connectivity index (χ3v) is 3.05. The molecule has 2 aromatic rings. The molecule has 0 aliphatic heterocycles. The van der Waals surface area contributed by atoms with Gasteiger partial charge in [0.25, 0.3) is 0 Å². The number of nitriles is 1. The molecular weight excluding hydrogens is 325 g/mol. The molecule has 0 aliphatic carbocycles. The van der Waals surface area contributed by atoms with Crippen molar-refractivity contribution in [2.24, 2.45) is 0 Å². The second-order valence-corrected chi connectivity index (χ2v) is 4.74. The van der Waals surface area contributed by atoms with Crippen molar-refractivity contribution in [3.8, 4) is 6.07 Å². The summed E-state index contributed by atoms with van der Waals surface area (Å²) in [5, 5.41) is 9.00. The first-order valence-electron chi connectivity index (χ1n) is 5.02. The highest BCUT2D eigenvalue weighted by atomic mass is 127. The number of ketones is 1. The Morgan fingerprint density at radius 1 is 1.12 bits per heavy atom. The molecule has 0 radical (unpaired) electrons. The zero-order valence-corrected chi connectivity index (χ0v) is 11.0. The monoisotopic (exact) mass is 333 g/mol. The molecule has 0 aromatic heterocycles. The minimum atomic E-state index is -0.110. The third kappa shape index (κ3) is 2.53. The van der Waals surface area contributed by atoms with Crippen molar-refractivity contribution in [2.45, 2.75) is 0 Å². The Morgan fingerprint density at radius 2 is 1.82 bits per heavy atom. The van der Waals surface area contributed by atoms with Gasteiger partial charge in [-0.15, -0.1) is 0 Å². The minimum absolute atomic E-state index is 0.110. The van der Waals surface area contributed by atoms with Crippen molar-refractivity contribution in [3.63, 3.8) is 0 Å². The number of carbonyl (C=O) groups excluding carboxylic acids is 1. The van der Waals surface area contributed by atoms with Crippen molar-refractivity contribution in [3.05, 3.63) is 68.8 Å². The molecule has 0 saturated heterocycles. The Balaban J connectivity index is 2.52. The number of nitrogens with zero attached hydrogens (tertiary/aromatic N) is 1. The van der Waals surface area contributed by atoms with Crippen LogP contribution in [-0.2, 0) is 0 Å². The van der Waals surface area contributed by atoms with Crippen LogP contribution in [0.5, 0.6) is 0 Å². The van der Waals surface area contributed by atoms with Crippen LogP contribution in [0.25, 0.3) is 0 Å². The molecule has 3 heteroatoms. The van der Waals surface area contributed by atoms with E-state index >= 15 is 0 Å². The molecule has 17 heavy (non-hydrogen) atoms. The van der Waals surface area contributed by atoms with Gasteiger partial charge in [0.05, 0.1) is 11.6 Å². The van der Waals surface area contributed by atoms with Crippen LogP contribution in [0.15, 0.2) is 48.5 Å². The number of halogens is 1. The summed E-state index contributed by atoms with van der Waals surface area (Å²) < 4.78 is 0.945. The van der Waals surface area contributed by atoms with Gasteiger partial charge in [0, 0.05) is 14.7 Å². The maximum Gasteiger partial charge on any atom is 0.194 e. The van der Waals surface area contributed by atoms with Gasteiger partial charge in [0.15, 0.2) is 5.78 Å². The lowest BCUT2D eigenvalue weighted by molar-refractivity contribution is 0.103. The Hall–Kier alpha value is -1.67. The highest BCUT2D eigenvalue weighted by Gasteiger charge is 2.13. The van der Waals surface area contributed by atoms with Crippen LogP contribution >= 0.6 is 22.6 Å². The Morgan fingerprint density at radius 3 is 2.47 bits per heavy atom. The summed E-state index contributed by atoms with van der Waals surface area (Å²) in [6, 6.07) is 16.3. The Bertz CT molecular complexity index is 599. The molecule has 0 fully saturated rings. The van der Waals surface area contributed by atoms with E-state index < -0.39 is 0 Å². The predicted octanol–water partition coefficient (Wildman–Crippen LogP) is 3.39. The molecule has 0 bridgehead atoms. The highest BCUT2D eigenvalue weighted by Crippen LogP contribution is 2.17. The number of rotatable bonds is 2. The van der Waals surface area contributed by atoms with E-state index in [9.17, 15) is 4.79 Å². The lowest BCUT2D eigenvalue weighted by atomic mass is 9.99. The first-order chi connectivity index (χ1) is 8.22. The van der Waals surface area contributed by atoms with Gasteiger partial charge in [-0.05, 0) is 40.8 Å². The van der Waals surface area contributed by atoms with Gasteiger partial charge in [-0.25, -0.2) is 0 Å². The van der Waals surface area contributed by atoms with Crippen LogP contribution in [0, 0.1) is 14.9 Å². The third-order valence-electron chi connectivity index (χ3n) is 2.38. The Kier molecular flexibility index (Phi) is 3.55. The summed E-state index contributed by atoms with van der Waals surface area (Å²) in [5.74, 6) is -0.110. The van der Waals surface area contributed by atoms with Crippen molar-refractivity contribution in [2.75, 3.05) is 0 Å². The molecular formula is C14H8INO. The number of carbonyl (C=O) groups is 1. The van der Waals surface area contributed by atoms with Crippen LogP contribution in [0.1, 0.15) is 21.5 Å². The van der Waals surface area contributed by atoms with Crippen molar-refractivity contribution < 1.29 is 4.79 Å². The molecule has 0 atom stereocenters. The lowest BCUT2D eigenvalue weighted by Crippen LogP contribution is -2.04. The SMILES string of the molecule is N#Cc1ccc(I)cc1C(=O)c1ccccc1. The predicted molar refractivity (Wildman–Crippen MR) is 73.7 cm³/mol.